The molecule has 0 radical (unpaired) electrons. The molecule has 1 aromatic heterocycles. The molecule has 6 nitrogen and oxygen atoms in total. The molecule has 162 valence electrons. The maximum absolute atomic E-state index is 13.5. The van der Waals surface area contributed by atoms with Crippen molar-refractivity contribution in [2.45, 2.75) is 37.1 Å². The number of ether oxygens (including phenoxy) is 1. The van der Waals surface area contributed by atoms with Gasteiger partial charge >= 0.3 is 5.97 Å². The number of sulfonamides is 1. The molecule has 3 aromatic rings. The first-order valence-electron chi connectivity index (χ1n) is 10.1. The van der Waals surface area contributed by atoms with Gasteiger partial charge in [-0.1, -0.05) is 35.9 Å². The molecule has 0 amide bonds. The van der Waals surface area contributed by atoms with Crippen molar-refractivity contribution < 1.29 is 17.9 Å². The zero-order valence-electron chi connectivity index (χ0n) is 18.0. The van der Waals surface area contributed by atoms with Gasteiger partial charge in [0.15, 0.2) is 0 Å². The summed E-state index contributed by atoms with van der Waals surface area (Å²) in [6, 6.07) is 12.4. The van der Waals surface area contributed by atoms with Crippen molar-refractivity contribution in [1.82, 2.24) is 9.29 Å². The third-order valence-corrected chi connectivity index (χ3v) is 8.02. The average Bonchev–Trinajstić information content (AvgIpc) is 3.18. The fraction of sp³-hybridized carbons (Fsp3) is 0.292. The summed E-state index contributed by atoms with van der Waals surface area (Å²) in [6.07, 6.45) is 4.32. The Morgan fingerprint density at radius 1 is 1.19 bits per heavy atom. The zero-order chi connectivity index (χ0) is 22.3. The number of likely N-dealkylation sites (N-methyl/N-ethyl adjacent to an activating group) is 1. The van der Waals surface area contributed by atoms with E-state index in [-0.39, 0.29) is 16.9 Å². The summed E-state index contributed by atoms with van der Waals surface area (Å²) in [4.78, 5) is 15.7. The van der Waals surface area contributed by atoms with Crippen LogP contribution < -0.4 is 0 Å². The van der Waals surface area contributed by atoms with Crippen molar-refractivity contribution in [2.75, 3.05) is 14.2 Å². The quantitative estimate of drug-likeness (QED) is 0.484. The number of hydrogen-bond donors (Lipinski definition) is 1. The van der Waals surface area contributed by atoms with Crippen molar-refractivity contribution in [1.29, 1.82) is 0 Å². The number of aromatic amines is 1. The molecular formula is C24H26N2O4S. The number of aryl methyl sites for hydroxylation is 1. The molecule has 0 unspecified atom stereocenters. The number of carbonyl (C=O) groups is 1. The molecular weight excluding hydrogens is 412 g/mol. The van der Waals surface area contributed by atoms with Crippen LogP contribution in [0, 0.1) is 6.92 Å². The summed E-state index contributed by atoms with van der Waals surface area (Å²) in [5.74, 6) is -0.717. The predicted octanol–water partition coefficient (Wildman–Crippen LogP) is 3.92. The Labute approximate surface area is 182 Å². The first kappa shape index (κ1) is 21.3. The van der Waals surface area contributed by atoms with Crippen LogP contribution in [-0.4, -0.2) is 43.9 Å². The maximum atomic E-state index is 13.5. The zero-order valence-corrected chi connectivity index (χ0v) is 18.9. The lowest BCUT2D eigenvalue weighted by Crippen LogP contribution is -2.43. The normalized spacial score (nSPS) is 19.1. The Morgan fingerprint density at radius 2 is 1.90 bits per heavy atom. The molecule has 0 spiro atoms. The van der Waals surface area contributed by atoms with Gasteiger partial charge in [0.25, 0.3) is 0 Å². The van der Waals surface area contributed by atoms with Crippen molar-refractivity contribution in [3.05, 3.63) is 77.0 Å². The predicted molar refractivity (Wildman–Crippen MR) is 120 cm³/mol. The Kier molecular flexibility index (Phi) is 5.49. The van der Waals surface area contributed by atoms with Crippen molar-refractivity contribution >= 4 is 26.9 Å². The molecule has 0 aliphatic heterocycles. The van der Waals surface area contributed by atoms with Crippen molar-refractivity contribution in [3.63, 3.8) is 0 Å². The molecule has 0 saturated heterocycles. The second-order valence-electron chi connectivity index (χ2n) is 8.06. The molecule has 1 heterocycles. The van der Waals surface area contributed by atoms with Gasteiger partial charge < -0.3 is 9.72 Å². The van der Waals surface area contributed by atoms with Gasteiger partial charge in [0.05, 0.1) is 12.0 Å². The third-order valence-electron chi connectivity index (χ3n) is 6.12. The van der Waals surface area contributed by atoms with E-state index in [1.165, 1.54) is 11.4 Å². The van der Waals surface area contributed by atoms with Crippen LogP contribution in [-0.2, 0) is 26.0 Å². The molecule has 7 heteroatoms. The van der Waals surface area contributed by atoms with Crippen molar-refractivity contribution in [2.24, 2.45) is 0 Å². The molecule has 0 saturated carbocycles. The standard InChI is InChI=1S/C24H26N2O4S/c1-15-8-10-18(11-9-15)31(28,29)26(3)22-13-17-14-25-21-7-5-6-19(23(17)21)20(22)12-16(2)24(27)30-4/h5-12,14,20,22,25H,13H2,1-4H3/b16-12+/t20-,22-/m1/s1. The van der Waals surface area contributed by atoms with Gasteiger partial charge in [0, 0.05) is 41.7 Å². The SMILES string of the molecule is COC(=O)/C(C)=C/[C@@H]1c2cccc3[nH]cc(c23)C[C@H]1N(C)S(=O)(=O)c1ccc(C)cc1. The fourth-order valence-corrected chi connectivity index (χ4v) is 5.77. The lowest BCUT2D eigenvalue weighted by Gasteiger charge is -2.36. The van der Waals surface area contributed by atoms with Gasteiger partial charge in [-0.25, -0.2) is 13.2 Å². The summed E-state index contributed by atoms with van der Waals surface area (Å²) in [6.45, 7) is 3.62. The van der Waals surface area contributed by atoms with Crippen LogP contribution in [0.15, 0.2) is 65.2 Å². The van der Waals surface area contributed by atoms with Crippen LogP contribution in [0.1, 0.15) is 29.5 Å². The van der Waals surface area contributed by atoms with E-state index < -0.39 is 16.0 Å². The molecule has 1 N–H and O–H groups in total. The van der Waals surface area contributed by atoms with Gasteiger partial charge in [-0.15, -0.1) is 0 Å². The Morgan fingerprint density at radius 3 is 2.58 bits per heavy atom. The van der Waals surface area contributed by atoms with E-state index >= 15 is 0 Å². The summed E-state index contributed by atoms with van der Waals surface area (Å²) >= 11 is 0. The van der Waals surface area contributed by atoms with Crippen LogP contribution in [0.2, 0.25) is 0 Å². The highest BCUT2D eigenvalue weighted by Crippen LogP contribution is 2.41. The Balaban J connectivity index is 1.83. The molecule has 1 aliphatic carbocycles. The second kappa shape index (κ2) is 7.98. The van der Waals surface area contributed by atoms with Crippen molar-refractivity contribution in [3.8, 4) is 0 Å². The van der Waals surface area contributed by atoms with E-state index in [4.69, 9.17) is 4.74 Å². The molecule has 31 heavy (non-hydrogen) atoms. The third kappa shape index (κ3) is 3.68. The topological polar surface area (TPSA) is 79.5 Å². The van der Waals surface area contributed by atoms with E-state index in [0.717, 1.165) is 27.6 Å². The van der Waals surface area contributed by atoms with Crippen LogP contribution in [0.3, 0.4) is 0 Å². The fourth-order valence-electron chi connectivity index (χ4n) is 4.39. The molecule has 2 aromatic carbocycles. The number of methoxy groups -OCH3 is 1. The Bertz CT molecular complexity index is 1270. The number of benzene rings is 2. The monoisotopic (exact) mass is 438 g/mol. The number of hydrogen-bond acceptors (Lipinski definition) is 4. The van der Waals surface area contributed by atoms with E-state index in [0.29, 0.717) is 12.0 Å². The largest absolute Gasteiger partial charge is 0.466 e. The number of H-pyrrole nitrogens is 1. The number of esters is 1. The van der Waals surface area contributed by atoms with Gasteiger partial charge in [-0.3, -0.25) is 0 Å². The lowest BCUT2D eigenvalue weighted by molar-refractivity contribution is -0.136. The molecule has 2 atom stereocenters. The van der Waals surface area contributed by atoms with Crippen LogP contribution >= 0.6 is 0 Å². The van der Waals surface area contributed by atoms with Crippen LogP contribution in [0.25, 0.3) is 10.9 Å². The minimum absolute atomic E-state index is 0.256. The highest BCUT2D eigenvalue weighted by molar-refractivity contribution is 7.89. The average molecular weight is 439 g/mol. The van der Waals surface area contributed by atoms with Crippen LogP contribution in [0.5, 0.6) is 0 Å². The summed E-state index contributed by atoms with van der Waals surface area (Å²) in [5.41, 5.74) is 4.53. The highest BCUT2D eigenvalue weighted by atomic mass is 32.2. The van der Waals surface area contributed by atoms with Gasteiger partial charge in [-0.2, -0.15) is 4.31 Å². The molecule has 0 bridgehead atoms. The van der Waals surface area contributed by atoms with Gasteiger partial charge in [0.2, 0.25) is 10.0 Å². The molecule has 0 fully saturated rings. The van der Waals surface area contributed by atoms with E-state index in [1.54, 1.807) is 38.2 Å². The minimum Gasteiger partial charge on any atom is -0.466 e. The van der Waals surface area contributed by atoms with E-state index in [1.807, 2.05) is 37.4 Å². The number of nitrogens with one attached hydrogen (secondary N) is 1. The smallest absolute Gasteiger partial charge is 0.333 e. The molecule has 4 rings (SSSR count). The first-order valence-corrected chi connectivity index (χ1v) is 11.6. The summed E-state index contributed by atoms with van der Waals surface area (Å²) < 4.78 is 33.2. The van der Waals surface area contributed by atoms with E-state index in [2.05, 4.69) is 4.98 Å². The van der Waals surface area contributed by atoms with Gasteiger partial charge in [0.1, 0.15) is 0 Å². The van der Waals surface area contributed by atoms with Crippen LogP contribution in [0.4, 0.5) is 0 Å². The van der Waals surface area contributed by atoms with E-state index in [9.17, 15) is 13.2 Å². The second-order valence-corrected chi connectivity index (χ2v) is 10.1. The highest BCUT2D eigenvalue weighted by Gasteiger charge is 2.38. The maximum Gasteiger partial charge on any atom is 0.333 e. The number of carbonyl (C=O) groups excluding carboxylic acids is 1. The number of nitrogens with zero attached hydrogens (tertiary/aromatic N) is 1. The minimum atomic E-state index is -3.73. The van der Waals surface area contributed by atoms with Gasteiger partial charge in [-0.05, 0) is 49.6 Å². The number of rotatable bonds is 5. The summed E-state index contributed by atoms with van der Waals surface area (Å²) in [5, 5.41) is 1.10. The Hall–Kier alpha value is -2.90. The first-order chi connectivity index (χ1) is 14.7. The lowest BCUT2D eigenvalue weighted by atomic mass is 9.79. The molecule has 1 aliphatic rings. The summed E-state index contributed by atoms with van der Waals surface area (Å²) in [7, 11) is -0.766. The number of aromatic nitrogens is 1.